The summed E-state index contributed by atoms with van der Waals surface area (Å²) in [7, 11) is 3.72. The number of ether oxygens (including phenoxy) is 6. The Morgan fingerprint density at radius 1 is 0.928 bits per heavy atom. The molecule has 2 unspecified atom stereocenters. The van der Waals surface area contributed by atoms with Gasteiger partial charge in [-0.3, -0.25) is 4.90 Å². The number of carboxylic acids is 1. The molecular formula is C52H52ClFN6O8S. The molecule has 4 aromatic carbocycles. The number of fused-ring (bicyclic) bond motifs is 1. The zero-order chi connectivity index (χ0) is 47.9. The molecule has 14 nitrogen and oxygen atoms in total. The maximum Gasteiger partial charge on any atom is 0.345 e. The number of carbonyl (C=O) groups is 1. The summed E-state index contributed by atoms with van der Waals surface area (Å²) in [4.78, 5) is 37.5. The molecule has 0 saturated carbocycles. The van der Waals surface area contributed by atoms with Crippen molar-refractivity contribution in [2.75, 3.05) is 60.1 Å². The summed E-state index contributed by atoms with van der Waals surface area (Å²) in [6.07, 6.45) is 3.41. The summed E-state index contributed by atoms with van der Waals surface area (Å²) in [6, 6.07) is 24.9. The molecule has 0 spiro atoms. The lowest BCUT2D eigenvalue weighted by atomic mass is 9.95. The van der Waals surface area contributed by atoms with Crippen LogP contribution in [0.2, 0.25) is 5.02 Å². The topological polar surface area (TPSA) is 151 Å². The highest BCUT2D eigenvalue weighted by atomic mass is 35.5. The van der Waals surface area contributed by atoms with Crippen molar-refractivity contribution in [1.29, 1.82) is 0 Å². The number of benzene rings is 4. The summed E-state index contributed by atoms with van der Waals surface area (Å²) in [6.45, 7) is 7.69. The van der Waals surface area contributed by atoms with Gasteiger partial charge < -0.3 is 38.4 Å². The van der Waals surface area contributed by atoms with Gasteiger partial charge in [0, 0.05) is 62.2 Å². The number of halogens is 2. The molecule has 2 fully saturated rings. The molecule has 5 heterocycles. The van der Waals surface area contributed by atoms with Crippen molar-refractivity contribution in [2.24, 2.45) is 0 Å². The number of carboxylic acid groups (broad SMARTS) is 1. The first-order chi connectivity index (χ1) is 33.6. The van der Waals surface area contributed by atoms with E-state index in [2.05, 4.69) is 31.8 Å². The van der Waals surface area contributed by atoms with Crippen LogP contribution >= 0.6 is 22.9 Å². The summed E-state index contributed by atoms with van der Waals surface area (Å²) < 4.78 is 51.9. The number of aliphatic carboxylic acids is 1. The number of hydrogen-bond acceptors (Lipinski definition) is 14. The number of likely N-dealkylation sites (N-methyl/N-ethyl adjacent to an activating group) is 1. The maximum absolute atomic E-state index is 15.5. The smallest absolute Gasteiger partial charge is 0.345 e. The lowest BCUT2D eigenvalue weighted by Crippen LogP contribution is -2.45. The third-order valence-electron chi connectivity index (χ3n) is 12.3. The van der Waals surface area contributed by atoms with Gasteiger partial charge in [0.1, 0.15) is 41.6 Å². The van der Waals surface area contributed by atoms with Crippen LogP contribution in [0.4, 0.5) is 4.39 Å². The molecule has 17 heteroatoms. The van der Waals surface area contributed by atoms with Crippen LogP contribution in [0.25, 0.3) is 43.2 Å². The highest BCUT2D eigenvalue weighted by Gasteiger charge is 2.29. The van der Waals surface area contributed by atoms with Gasteiger partial charge in [-0.1, -0.05) is 54.1 Å². The van der Waals surface area contributed by atoms with Crippen LogP contribution in [0, 0.1) is 12.7 Å². The average molecular weight is 976 g/mol. The first kappa shape index (κ1) is 47.6. The van der Waals surface area contributed by atoms with Crippen LogP contribution in [-0.4, -0.2) is 113 Å². The molecular weight excluding hydrogens is 923 g/mol. The number of nitrogens with zero attached hydrogens (tertiary/aromatic N) is 6. The summed E-state index contributed by atoms with van der Waals surface area (Å²) in [5, 5.41) is 11.6. The van der Waals surface area contributed by atoms with Crippen molar-refractivity contribution in [3.8, 4) is 61.8 Å². The van der Waals surface area contributed by atoms with E-state index in [1.807, 2.05) is 55.5 Å². The van der Waals surface area contributed by atoms with Crippen molar-refractivity contribution in [2.45, 2.75) is 51.6 Å². The molecule has 2 aliphatic heterocycles. The Balaban J connectivity index is 1.04. The monoisotopic (exact) mass is 974 g/mol. The van der Waals surface area contributed by atoms with E-state index in [1.165, 1.54) is 23.7 Å². The Hall–Kier alpha value is -6.43. The van der Waals surface area contributed by atoms with Crippen molar-refractivity contribution in [3.05, 3.63) is 125 Å². The molecule has 2 saturated heterocycles. The molecule has 2 aliphatic rings. The Bertz CT molecular complexity index is 2930. The van der Waals surface area contributed by atoms with Crippen molar-refractivity contribution in [3.63, 3.8) is 0 Å². The quantitative estimate of drug-likeness (QED) is 0.0869. The van der Waals surface area contributed by atoms with Crippen LogP contribution in [0.5, 0.6) is 28.9 Å². The Morgan fingerprint density at radius 3 is 2.54 bits per heavy atom. The van der Waals surface area contributed by atoms with Gasteiger partial charge in [0.2, 0.25) is 12.0 Å². The molecule has 2 atom stereocenters. The number of methoxy groups -OCH3 is 1. The second-order valence-electron chi connectivity index (χ2n) is 16.9. The largest absolute Gasteiger partial charge is 0.496 e. The fourth-order valence-corrected chi connectivity index (χ4v) is 9.81. The fourth-order valence-electron chi connectivity index (χ4n) is 8.45. The molecule has 358 valence electrons. The molecule has 0 radical (unpaired) electrons. The lowest BCUT2D eigenvalue weighted by molar-refractivity contribution is -0.145. The second-order valence-corrected chi connectivity index (χ2v) is 18.3. The fraction of sp³-hybridized carbons (Fsp3) is 0.327. The lowest BCUT2D eigenvalue weighted by Gasteiger charge is -2.32. The zero-order valence-corrected chi connectivity index (χ0v) is 40.1. The first-order valence-electron chi connectivity index (χ1n) is 22.9. The highest BCUT2D eigenvalue weighted by Crippen LogP contribution is 2.50. The Kier molecular flexibility index (Phi) is 15.1. The summed E-state index contributed by atoms with van der Waals surface area (Å²) in [5.41, 5.74) is 4.61. The number of hydrogen-bond donors (Lipinski definition) is 1. The summed E-state index contributed by atoms with van der Waals surface area (Å²) in [5.74, 6) is 0.468. The molecule has 7 aromatic rings. The van der Waals surface area contributed by atoms with Gasteiger partial charge in [0.05, 0.1) is 35.4 Å². The first-order valence-corrected chi connectivity index (χ1v) is 24.1. The number of piperazine rings is 1. The van der Waals surface area contributed by atoms with Crippen LogP contribution in [0.15, 0.2) is 97.5 Å². The zero-order valence-electron chi connectivity index (χ0n) is 38.5. The van der Waals surface area contributed by atoms with Crippen molar-refractivity contribution >= 4 is 39.1 Å². The predicted molar refractivity (Wildman–Crippen MR) is 262 cm³/mol. The molecule has 1 N–H and O–H groups in total. The SMILES string of the molecule is COc1ccccc1-c1nccc(COc2ccccc2CC(Oc2ncnc3sc(-c4ccc(F)c(OC5CCCCO5)c4)c(-c4ccc(OCCN5CCN(C)CC5)c(Cl)c4C)c23)C(=O)O)n1. The van der Waals surface area contributed by atoms with Crippen LogP contribution in [-0.2, 0) is 22.6 Å². The third kappa shape index (κ3) is 11.1. The Morgan fingerprint density at radius 2 is 1.74 bits per heavy atom. The predicted octanol–water partition coefficient (Wildman–Crippen LogP) is 9.78. The number of para-hydroxylation sites is 2. The van der Waals surface area contributed by atoms with E-state index in [9.17, 15) is 9.90 Å². The molecule has 69 heavy (non-hydrogen) atoms. The van der Waals surface area contributed by atoms with Gasteiger partial charge >= 0.3 is 5.97 Å². The van der Waals surface area contributed by atoms with Crippen LogP contribution in [0.1, 0.15) is 36.1 Å². The number of thiophene rings is 1. The highest BCUT2D eigenvalue weighted by molar-refractivity contribution is 7.22. The van der Waals surface area contributed by atoms with E-state index in [1.54, 1.807) is 43.6 Å². The minimum absolute atomic E-state index is 0.0466. The van der Waals surface area contributed by atoms with Gasteiger partial charge in [-0.05, 0) is 91.5 Å². The van der Waals surface area contributed by atoms with E-state index < -0.39 is 24.2 Å². The van der Waals surface area contributed by atoms with E-state index in [-0.39, 0.29) is 24.7 Å². The molecule has 0 amide bonds. The van der Waals surface area contributed by atoms with Crippen LogP contribution in [0.3, 0.4) is 0 Å². The van der Waals surface area contributed by atoms with Crippen molar-refractivity contribution in [1.82, 2.24) is 29.7 Å². The van der Waals surface area contributed by atoms with E-state index in [4.69, 9.17) is 45.0 Å². The molecule has 9 rings (SSSR count). The third-order valence-corrected chi connectivity index (χ3v) is 13.9. The molecule has 3 aromatic heterocycles. The van der Waals surface area contributed by atoms with E-state index in [0.29, 0.717) is 96.3 Å². The number of rotatable bonds is 18. The van der Waals surface area contributed by atoms with E-state index in [0.717, 1.165) is 51.1 Å². The minimum Gasteiger partial charge on any atom is -0.496 e. The molecule has 0 aliphatic carbocycles. The molecule has 0 bridgehead atoms. The minimum atomic E-state index is -1.41. The standard InChI is InChI=1S/C52H52ClFN6O8S/c1-32-36(16-18-41(47(32)53)64-27-25-60-23-21-59(2)22-24-60)45-46-50(56-31-57-51(46)69-48(45)34-15-17-38(54)42(29-34)67-44-14-8-9-26-65-44)68-43(52(61)62)28-33-10-4-6-12-39(33)66-30-35-19-20-55-49(58-35)37-11-5-7-13-40(37)63-3/h4-7,10-13,15-20,29,31,43-44H,8-9,14,21-28,30H2,1-3H3,(H,61,62). The van der Waals surface area contributed by atoms with Gasteiger partial charge in [-0.15, -0.1) is 11.3 Å². The van der Waals surface area contributed by atoms with Crippen LogP contribution < -0.4 is 23.7 Å². The summed E-state index contributed by atoms with van der Waals surface area (Å²) >= 11 is 8.49. The van der Waals surface area contributed by atoms with E-state index >= 15 is 4.39 Å². The number of aromatic nitrogens is 4. The van der Waals surface area contributed by atoms with Gasteiger partial charge in [0.25, 0.3) is 0 Å². The van der Waals surface area contributed by atoms with Gasteiger partial charge in [0.15, 0.2) is 23.7 Å². The van der Waals surface area contributed by atoms with Gasteiger partial charge in [-0.25, -0.2) is 29.1 Å². The average Bonchev–Trinajstić information content (AvgIpc) is 3.76. The second kappa shape index (κ2) is 21.9. The van der Waals surface area contributed by atoms with Gasteiger partial charge in [-0.2, -0.15) is 0 Å². The van der Waals surface area contributed by atoms with Crippen molar-refractivity contribution < 1.29 is 42.7 Å². The Labute approximate surface area is 408 Å². The normalized spacial score (nSPS) is 16.0. The maximum atomic E-state index is 15.5.